The highest BCUT2D eigenvalue weighted by Gasteiger charge is 2.08. The highest BCUT2D eigenvalue weighted by atomic mass is 16.4. The second-order valence-corrected chi connectivity index (χ2v) is 4.12. The lowest BCUT2D eigenvalue weighted by Gasteiger charge is -2.05. The molecule has 0 aliphatic heterocycles. The van der Waals surface area contributed by atoms with E-state index in [1.807, 2.05) is 0 Å². The van der Waals surface area contributed by atoms with Gasteiger partial charge in [-0.15, -0.1) is 0 Å². The number of carbonyl (C=O) groups is 2. The molecule has 2 rings (SSSR count). The van der Waals surface area contributed by atoms with Crippen molar-refractivity contribution in [3.8, 4) is 0 Å². The zero-order valence-electron chi connectivity index (χ0n) is 10.8. The molecule has 0 unspecified atom stereocenters. The van der Waals surface area contributed by atoms with Crippen LogP contribution in [0.25, 0.3) is 0 Å². The number of carboxylic acids is 1. The van der Waals surface area contributed by atoms with E-state index in [0.29, 0.717) is 17.9 Å². The minimum absolute atomic E-state index is 0.122. The molecule has 0 spiro atoms. The fourth-order valence-corrected chi connectivity index (χ4v) is 1.66. The third kappa shape index (κ3) is 3.17. The van der Waals surface area contributed by atoms with E-state index in [4.69, 9.17) is 9.52 Å². The Morgan fingerprint density at radius 3 is 2.45 bits per heavy atom. The molecule has 20 heavy (non-hydrogen) atoms. The molecule has 104 valence electrons. The van der Waals surface area contributed by atoms with Crippen LogP contribution in [0.5, 0.6) is 0 Å². The predicted octanol–water partition coefficient (Wildman–Crippen LogP) is 1.95. The summed E-state index contributed by atoms with van der Waals surface area (Å²) < 4.78 is 5.12. The van der Waals surface area contributed by atoms with Crippen molar-refractivity contribution >= 4 is 17.6 Å². The van der Waals surface area contributed by atoms with Gasteiger partial charge in [-0.25, -0.2) is 4.79 Å². The van der Waals surface area contributed by atoms with Gasteiger partial charge in [-0.05, 0) is 30.3 Å². The molecule has 0 aliphatic carbocycles. The summed E-state index contributed by atoms with van der Waals surface area (Å²) in [6.07, 6.45) is 1.20. The van der Waals surface area contributed by atoms with E-state index in [2.05, 4.69) is 10.6 Å². The molecule has 1 aromatic carbocycles. The Morgan fingerprint density at radius 1 is 1.20 bits per heavy atom. The quantitative estimate of drug-likeness (QED) is 0.775. The Morgan fingerprint density at radius 2 is 1.90 bits per heavy atom. The molecule has 0 bridgehead atoms. The number of furan rings is 1. The maximum Gasteiger partial charge on any atom is 0.338 e. The SMILES string of the molecule is CNC(=O)c1ccc(NCc2cc(C(=O)O)co2)cc1. The van der Waals surface area contributed by atoms with Gasteiger partial charge in [-0.3, -0.25) is 4.79 Å². The first kappa shape index (κ1) is 13.7. The van der Waals surface area contributed by atoms with E-state index in [9.17, 15) is 9.59 Å². The number of nitrogens with one attached hydrogen (secondary N) is 2. The van der Waals surface area contributed by atoms with Gasteiger partial charge >= 0.3 is 5.97 Å². The maximum atomic E-state index is 11.4. The van der Waals surface area contributed by atoms with Crippen LogP contribution in [0.2, 0.25) is 0 Å². The van der Waals surface area contributed by atoms with Crippen molar-refractivity contribution in [2.75, 3.05) is 12.4 Å². The van der Waals surface area contributed by atoms with Gasteiger partial charge in [0.1, 0.15) is 12.0 Å². The fourth-order valence-electron chi connectivity index (χ4n) is 1.66. The van der Waals surface area contributed by atoms with E-state index in [0.717, 1.165) is 5.69 Å². The topological polar surface area (TPSA) is 91.6 Å². The molecule has 0 saturated carbocycles. The number of benzene rings is 1. The first-order valence-electron chi connectivity index (χ1n) is 5.97. The largest absolute Gasteiger partial charge is 0.478 e. The second-order valence-electron chi connectivity index (χ2n) is 4.12. The van der Waals surface area contributed by atoms with Gasteiger partial charge in [0, 0.05) is 18.3 Å². The molecule has 0 aliphatic rings. The van der Waals surface area contributed by atoms with Crippen LogP contribution in [0.1, 0.15) is 26.5 Å². The Hall–Kier alpha value is -2.76. The summed E-state index contributed by atoms with van der Waals surface area (Å²) >= 11 is 0. The smallest absolute Gasteiger partial charge is 0.338 e. The van der Waals surface area contributed by atoms with E-state index >= 15 is 0 Å². The van der Waals surface area contributed by atoms with Crippen LogP contribution >= 0.6 is 0 Å². The summed E-state index contributed by atoms with van der Waals surface area (Å²) in [5.41, 5.74) is 1.51. The second kappa shape index (κ2) is 5.92. The van der Waals surface area contributed by atoms with Crippen LogP contribution in [-0.4, -0.2) is 24.0 Å². The van der Waals surface area contributed by atoms with Gasteiger partial charge in [0.15, 0.2) is 0 Å². The molecule has 0 radical (unpaired) electrons. The average molecular weight is 274 g/mol. The number of amides is 1. The number of carboxylic acid groups (broad SMARTS) is 1. The highest BCUT2D eigenvalue weighted by Crippen LogP contribution is 2.13. The summed E-state index contributed by atoms with van der Waals surface area (Å²) in [7, 11) is 1.57. The molecular formula is C14H14N2O4. The summed E-state index contributed by atoms with van der Waals surface area (Å²) in [5, 5.41) is 14.4. The first-order chi connectivity index (χ1) is 9.60. The molecule has 6 heteroatoms. The minimum atomic E-state index is -1.02. The molecule has 0 fully saturated rings. The zero-order chi connectivity index (χ0) is 14.5. The van der Waals surface area contributed by atoms with E-state index < -0.39 is 5.97 Å². The minimum Gasteiger partial charge on any atom is -0.478 e. The van der Waals surface area contributed by atoms with Crippen LogP contribution in [0.3, 0.4) is 0 Å². The number of rotatable bonds is 5. The Bertz CT molecular complexity index is 616. The maximum absolute atomic E-state index is 11.4. The number of anilines is 1. The lowest BCUT2D eigenvalue weighted by atomic mass is 10.2. The first-order valence-corrected chi connectivity index (χ1v) is 5.97. The van der Waals surface area contributed by atoms with Crippen LogP contribution in [-0.2, 0) is 6.54 Å². The number of aromatic carboxylic acids is 1. The number of hydrogen-bond donors (Lipinski definition) is 3. The highest BCUT2D eigenvalue weighted by molar-refractivity contribution is 5.94. The molecule has 2 aromatic rings. The third-order valence-corrected chi connectivity index (χ3v) is 2.74. The van der Waals surface area contributed by atoms with Crippen molar-refractivity contribution in [3.05, 3.63) is 53.5 Å². The Balaban J connectivity index is 1.96. The van der Waals surface area contributed by atoms with Gasteiger partial charge in [0.25, 0.3) is 5.91 Å². The normalized spacial score (nSPS) is 10.1. The number of hydrogen-bond acceptors (Lipinski definition) is 4. The standard InChI is InChI=1S/C14H14N2O4/c1-15-13(17)9-2-4-11(5-3-9)16-7-12-6-10(8-20-12)14(18)19/h2-6,8,16H,7H2,1H3,(H,15,17)(H,18,19). The van der Waals surface area contributed by atoms with Crippen LogP contribution in [0, 0.1) is 0 Å². The van der Waals surface area contributed by atoms with Crippen molar-refractivity contribution < 1.29 is 19.1 Å². The third-order valence-electron chi connectivity index (χ3n) is 2.74. The molecular weight excluding hydrogens is 260 g/mol. The van der Waals surface area contributed by atoms with Gasteiger partial charge in [0.05, 0.1) is 12.1 Å². The van der Waals surface area contributed by atoms with Crippen molar-refractivity contribution in [2.24, 2.45) is 0 Å². The van der Waals surface area contributed by atoms with E-state index in [1.54, 1.807) is 31.3 Å². The summed E-state index contributed by atoms with van der Waals surface area (Å²) in [5.74, 6) is -0.638. The Kier molecular flexibility index (Phi) is 4.05. The average Bonchev–Trinajstić information content (AvgIpc) is 2.94. The van der Waals surface area contributed by atoms with Crippen LogP contribution < -0.4 is 10.6 Å². The molecule has 6 nitrogen and oxygen atoms in total. The summed E-state index contributed by atoms with van der Waals surface area (Å²) in [6.45, 7) is 0.368. The van der Waals surface area contributed by atoms with Crippen LogP contribution in [0.15, 0.2) is 41.0 Å². The van der Waals surface area contributed by atoms with E-state index in [1.165, 1.54) is 12.3 Å². The van der Waals surface area contributed by atoms with Gasteiger partial charge in [-0.2, -0.15) is 0 Å². The molecule has 3 N–H and O–H groups in total. The van der Waals surface area contributed by atoms with Crippen LogP contribution in [0.4, 0.5) is 5.69 Å². The zero-order valence-corrected chi connectivity index (χ0v) is 10.8. The molecule has 0 atom stereocenters. The van der Waals surface area contributed by atoms with Gasteiger partial charge in [0.2, 0.25) is 0 Å². The van der Waals surface area contributed by atoms with Crippen molar-refractivity contribution in [2.45, 2.75) is 6.54 Å². The molecule has 0 saturated heterocycles. The summed E-state index contributed by atoms with van der Waals surface area (Å²) in [6, 6.07) is 8.41. The lowest BCUT2D eigenvalue weighted by Crippen LogP contribution is -2.17. The Labute approximate surface area is 115 Å². The van der Waals surface area contributed by atoms with Gasteiger partial charge < -0.3 is 20.2 Å². The van der Waals surface area contributed by atoms with Crippen molar-refractivity contribution in [3.63, 3.8) is 0 Å². The van der Waals surface area contributed by atoms with Crippen molar-refractivity contribution in [1.29, 1.82) is 0 Å². The van der Waals surface area contributed by atoms with E-state index in [-0.39, 0.29) is 11.5 Å². The van der Waals surface area contributed by atoms with Gasteiger partial charge in [-0.1, -0.05) is 0 Å². The number of carbonyl (C=O) groups excluding carboxylic acids is 1. The molecule has 1 amide bonds. The fraction of sp³-hybridized carbons (Fsp3) is 0.143. The van der Waals surface area contributed by atoms with Crippen molar-refractivity contribution in [1.82, 2.24) is 5.32 Å². The lowest BCUT2D eigenvalue weighted by molar-refractivity contribution is 0.0696. The predicted molar refractivity (Wildman–Crippen MR) is 72.8 cm³/mol. The summed E-state index contributed by atoms with van der Waals surface area (Å²) in [4.78, 5) is 22.1. The monoisotopic (exact) mass is 274 g/mol. The molecule has 1 heterocycles. The molecule has 1 aromatic heterocycles.